The highest BCUT2D eigenvalue weighted by Gasteiger charge is 2.39. The number of hydrogen-bond donors (Lipinski definition) is 8. The predicted octanol–water partition coefficient (Wildman–Crippen LogP) is -1.39. The van der Waals surface area contributed by atoms with Crippen LogP contribution < -0.4 is 27.8 Å². The second-order valence-corrected chi connectivity index (χ2v) is 9.87. The second kappa shape index (κ2) is 14.1. The topological polar surface area (TPSA) is 259 Å². The van der Waals surface area contributed by atoms with Crippen molar-refractivity contribution in [3.8, 4) is 0 Å². The number of carboxylic acid groups (broad SMARTS) is 2. The van der Waals surface area contributed by atoms with E-state index in [1.54, 1.807) is 6.20 Å². The van der Waals surface area contributed by atoms with Crippen LogP contribution in [0.5, 0.6) is 0 Å². The molecule has 222 valence electrons. The van der Waals surface area contributed by atoms with Crippen molar-refractivity contribution in [1.82, 2.24) is 20.5 Å². The summed E-state index contributed by atoms with van der Waals surface area (Å²) in [5.74, 6) is -4.87. The molecule has 1 aromatic carbocycles. The molecule has 0 radical (unpaired) electrons. The number of para-hydroxylation sites is 1. The van der Waals surface area contributed by atoms with Crippen molar-refractivity contribution in [3.63, 3.8) is 0 Å². The summed E-state index contributed by atoms with van der Waals surface area (Å²) >= 11 is 0. The fourth-order valence-electron chi connectivity index (χ4n) is 4.80. The highest BCUT2D eigenvalue weighted by molar-refractivity contribution is 5.95. The highest BCUT2D eigenvalue weighted by atomic mass is 16.4. The Morgan fingerprint density at radius 2 is 1.83 bits per heavy atom. The van der Waals surface area contributed by atoms with E-state index >= 15 is 0 Å². The van der Waals surface area contributed by atoms with E-state index < -0.39 is 60.2 Å². The first-order chi connectivity index (χ1) is 19.5. The third-order valence-electron chi connectivity index (χ3n) is 6.85. The molecule has 1 aliphatic rings. The van der Waals surface area contributed by atoms with Gasteiger partial charge in [-0.15, -0.1) is 0 Å². The molecule has 0 spiro atoms. The number of H-pyrrole nitrogens is 1. The van der Waals surface area contributed by atoms with Crippen LogP contribution >= 0.6 is 0 Å². The minimum atomic E-state index is -1.66. The van der Waals surface area contributed by atoms with Crippen molar-refractivity contribution in [2.24, 2.45) is 22.2 Å². The van der Waals surface area contributed by atoms with Crippen LogP contribution in [0.15, 0.2) is 35.5 Å². The summed E-state index contributed by atoms with van der Waals surface area (Å²) in [6.07, 6.45) is 2.41. The van der Waals surface area contributed by atoms with E-state index in [-0.39, 0.29) is 38.3 Å². The van der Waals surface area contributed by atoms with E-state index in [4.69, 9.17) is 22.3 Å². The molecule has 0 bridgehead atoms. The molecule has 11 N–H and O–H groups in total. The molecule has 0 aliphatic carbocycles. The van der Waals surface area contributed by atoms with Crippen LogP contribution in [0.1, 0.15) is 37.7 Å². The van der Waals surface area contributed by atoms with E-state index in [1.165, 1.54) is 4.90 Å². The number of carbonyl (C=O) groups is 5. The van der Waals surface area contributed by atoms with Crippen LogP contribution in [-0.4, -0.2) is 93.0 Å². The monoisotopic (exact) mass is 572 g/mol. The van der Waals surface area contributed by atoms with Gasteiger partial charge in [0.05, 0.1) is 12.5 Å². The van der Waals surface area contributed by atoms with E-state index in [0.29, 0.717) is 12.8 Å². The van der Waals surface area contributed by atoms with Gasteiger partial charge in [-0.1, -0.05) is 18.2 Å². The molecule has 1 aliphatic heterocycles. The SMILES string of the molecule is NC(N)=NCCCC(N)C(=O)NC(Cc1c[nH]c2ccccc12)C(=O)N1CCCC1C(=O)NC(CC(=O)O)C(=O)O. The van der Waals surface area contributed by atoms with Crippen LogP contribution in [0.25, 0.3) is 10.9 Å². The first kappa shape index (κ1) is 30.9. The van der Waals surface area contributed by atoms with Gasteiger partial charge >= 0.3 is 11.9 Å². The molecule has 3 amide bonds. The number of aliphatic imine (C=N–C) groups is 1. The lowest BCUT2D eigenvalue weighted by Crippen LogP contribution is -2.57. The molecule has 4 atom stereocenters. The fourth-order valence-corrected chi connectivity index (χ4v) is 4.80. The van der Waals surface area contributed by atoms with Gasteiger partial charge in [0.15, 0.2) is 5.96 Å². The number of aromatic amines is 1. The van der Waals surface area contributed by atoms with Gasteiger partial charge in [-0.2, -0.15) is 0 Å². The van der Waals surface area contributed by atoms with Crippen molar-refractivity contribution in [1.29, 1.82) is 0 Å². The smallest absolute Gasteiger partial charge is 0.326 e. The summed E-state index contributed by atoms with van der Waals surface area (Å²) in [4.78, 5) is 70.7. The zero-order chi connectivity index (χ0) is 30.1. The Labute approximate surface area is 235 Å². The van der Waals surface area contributed by atoms with Gasteiger partial charge in [0.1, 0.15) is 18.1 Å². The van der Waals surface area contributed by atoms with Crippen LogP contribution in [0.4, 0.5) is 0 Å². The van der Waals surface area contributed by atoms with Gasteiger partial charge in [0.25, 0.3) is 0 Å². The lowest BCUT2D eigenvalue weighted by molar-refractivity contribution is -0.148. The van der Waals surface area contributed by atoms with Crippen molar-refractivity contribution in [3.05, 3.63) is 36.0 Å². The number of likely N-dealkylation sites (tertiary alicyclic amines) is 1. The van der Waals surface area contributed by atoms with E-state index in [2.05, 4.69) is 20.6 Å². The number of benzene rings is 1. The Morgan fingerprint density at radius 3 is 2.51 bits per heavy atom. The summed E-state index contributed by atoms with van der Waals surface area (Å²) in [5, 5.41) is 24.1. The Morgan fingerprint density at radius 1 is 1.10 bits per heavy atom. The molecule has 15 heteroatoms. The number of nitrogens with zero attached hydrogens (tertiary/aromatic N) is 2. The highest BCUT2D eigenvalue weighted by Crippen LogP contribution is 2.23. The maximum atomic E-state index is 13.8. The Kier molecular flexibility index (Phi) is 10.6. The fraction of sp³-hybridized carbons (Fsp3) is 0.462. The van der Waals surface area contributed by atoms with Crippen LogP contribution in [0.3, 0.4) is 0 Å². The lowest BCUT2D eigenvalue weighted by atomic mass is 10.0. The predicted molar refractivity (Wildman–Crippen MR) is 148 cm³/mol. The molecule has 1 saturated heterocycles. The number of rotatable bonds is 14. The first-order valence-electron chi connectivity index (χ1n) is 13.2. The molecule has 3 rings (SSSR count). The number of nitrogens with two attached hydrogens (primary N) is 3. The number of amides is 3. The van der Waals surface area contributed by atoms with Crippen molar-refractivity contribution in [2.45, 2.75) is 62.7 Å². The number of guanidine groups is 1. The normalized spacial score (nSPS) is 16.9. The molecule has 41 heavy (non-hydrogen) atoms. The van der Waals surface area contributed by atoms with Gasteiger partial charge < -0.3 is 47.9 Å². The van der Waals surface area contributed by atoms with E-state index in [1.807, 2.05) is 24.3 Å². The maximum absolute atomic E-state index is 13.8. The van der Waals surface area contributed by atoms with E-state index in [0.717, 1.165) is 16.5 Å². The van der Waals surface area contributed by atoms with Crippen molar-refractivity contribution in [2.75, 3.05) is 13.1 Å². The quantitative estimate of drug-likeness (QED) is 0.0746. The number of carbonyl (C=O) groups excluding carboxylic acids is 3. The average Bonchev–Trinajstić information content (AvgIpc) is 3.57. The zero-order valence-corrected chi connectivity index (χ0v) is 22.4. The number of aliphatic carboxylic acids is 2. The van der Waals surface area contributed by atoms with Gasteiger partial charge in [-0.3, -0.25) is 24.2 Å². The van der Waals surface area contributed by atoms with Crippen molar-refractivity contribution < 1.29 is 34.2 Å². The molecular weight excluding hydrogens is 536 g/mol. The minimum absolute atomic E-state index is 0.0748. The third-order valence-corrected chi connectivity index (χ3v) is 6.85. The van der Waals surface area contributed by atoms with Crippen LogP contribution in [0.2, 0.25) is 0 Å². The zero-order valence-electron chi connectivity index (χ0n) is 22.4. The number of nitrogens with one attached hydrogen (secondary N) is 3. The molecule has 0 saturated carbocycles. The van der Waals surface area contributed by atoms with Gasteiger partial charge in [0, 0.05) is 36.6 Å². The number of fused-ring (bicyclic) bond motifs is 1. The average molecular weight is 573 g/mol. The standard InChI is InChI=1S/C26H36N8O7/c27-16(6-3-9-30-26(28)29)22(37)32-18(11-14-13-31-17-7-2-1-5-15(14)17)24(39)34-10-4-8-20(34)23(38)33-19(25(40)41)12-21(35)36/h1-2,5,7,13,16,18-20,31H,3-4,6,8-12,27H2,(H,32,37)(H,33,38)(H,35,36)(H,40,41)(H4,28,29,30). The van der Waals surface area contributed by atoms with Gasteiger partial charge in [-0.05, 0) is 37.3 Å². The minimum Gasteiger partial charge on any atom is -0.481 e. The summed E-state index contributed by atoms with van der Waals surface area (Å²) in [5.41, 5.74) is 18.3. The van der Waals surface area contributed by atoms with Gasteiger partial charge in [-0.25, -0.2) is 4.79 Å². The molecule has 1 aromatic heterocycles. The summed E-state index contributed by atoms with van der Waals surface area (Å²) in [6, 6.07) is 2.72. The van der Waals surface area contributed by atoms with Crippen LogP contribution in [-0.2, 0) is 30.4 Å². The van der Waals surface area contributed by atoms with Crippen molar-refractivity contribution >= 4 is 46.5 Å². The molecule has 2 aromatic rings. The summed E-state index contributed by atoms with van der Waals surface area (Å²) in [7, 11) is 0. The lowest BCUT2D eigenvalue weighted by Gasteiger charge is -2.30. The second-order valence-electron chi connectivity index (χ2n) is 9.87. The summed E-state index contributed by atoms with van der Waals surface area (Å²) < 4.78 is 0. The Balaban J connectivity index is 1.80. The first-order valence-corrected chi connectivity index (χ1v) is 13.2. The number of aromatic nitrogens is 1. The van der Waals surface area contributed by atoms with Crippen LogP contribution in [0, 0.1) is 0 Å². The number of hydrogen-bond acceptors (Lipinski definition) is 7. The van der Waals surface area contributed by atoms with E-state index in [9.17, 15) is 29.1 Å². The molecule has 15 nitrogen and oxygen atoms in total. The molecular formula is C26H36N8O7. The molecule has 1 fully saturated rings. The largest absolute Gasteiger partial charge is 0.481 e. The number of carboxylic acids is 2. The summed E-state index contributed by atoms with van der Waals surface area (Å²) in [6.45, 7) is 0.475. The Bertz CT molecular complexity index is 1310. The molecule has 4 unspecified atom stereocenters. The Hall–Kier alpha value is -4.66. The molecule has 2 heterocycles. The van der Waals surface area contributed by atoms with Gasteiger partial charge in [0.2, 0.25) is 17.7 Å². The maximum Gasteiger partial charge on any atom is 0.326 e. The third kappa shape index (κ3) is 8.41.